The number of rotatable bonds is 0. The zero-order chi connectivity index (χ0) is 12.6. The molecule has 0 aliphatic heterocycles. The van der Waals surface area contributed by atoms with Gasteiger partial charge in [0.2, 0.25) is 0 Å². The van der Waals surface area contributed by atoms with Crippen molar-refractivity contribution in [1.29, 1.82) is 0 Å². The molecule has 0 aromatic heterocycles. The van der Waals surface area contributed by atoms with E-state index in [1.54, 1.807) is 0 Å². The molecule has 0 saturated heterocycles. The summed E-state index contributed by atoms with van der Waals surface area (Å²) in [7, 11) is 0. The van der Waals surface area contributed by atoms with Crippen molar-refractivity contribution in [3.8, 4) is 0 Å². The third-order valence-corrected chi connectivity index (χ3v) is 4.44. The Bertz CT molecular complexity index is 557. The van der Waals surface area contributed by atoms with Crippen molar-refractivity contribution in [3.63, 3.8) is 0 Å². The molecule has 92 valence electrons. The Hall–Kier alpha value is -1.56. The van der Waals surface area contributed by atoms with Gasteiger partial charge < -0.3 is 0 Å². The summed E-state index contributed by atoms with van der Waals surface area (Å²) in [4.78, 5) is 0. The highest BCUT2D eigenvalue weighted by atomic mass is 14.3. The minimum Gasteiger partial charge on any atom is -0.0837 e. The maximum atomic E-state index is 2.40. The van der Waals surface area contributed by atoms with Crippen molar-refractivity contribution in [2.75, 3.05) is 0 Å². The Morgan fingerprint density at radius 1 is 1.17 bits per heavy atom. The molecule has 3 rings (SSSR count). The molecule has 0 nitrogen and oxygen atoms in total. The summed E-state index contributed by atoms with van der Waals surface area (Å²) < 4.78 is 0. The Morgan fingerprint density at radius 2 is 2.00 bits per heavy atom. The lowest BCUT2D eigenvalue weighted by molar-refractivity contribution is 0.373. The van der Waals surface area contributed by atoms with Crippen molar-refractivity contribution in [1.82, 2.24) is 0 Å². The van der Waals surface area contributed by atoms with Crippen LogP contribution in [0.15, 0.2) is 54.1 Å². The number of hydrogen-bond donors (Lipinski definition) is 0. The van der Waals surface area contributed by atoms with Crippen LogP contribution in [0.5, 0.6) is 0 Å². The van der Waals surface area contributed by atoms with Crippen molar-refractivity contribution in [3.05, 3.63) is 65.3 Å². The molecule has 1 unspecified atom stereocenters. The summed E-state index contributed by atoms with van der Waals surface area (Å²) in [6.45, 7) is 4.64. The van der Waals surface area contributed by atoms with Crippen molar-refractivity contribution >= 4 is 5.57 Å². The Labute approximate surface area is 110 Å². The van der Waals surface area contributed by atoms with Crippen molar-refractivity contribution < 1.29 is 0 Å². The molecule has 0 heterocycles. The Balaban J connectivity index is 2.13. The minimum atomic E-state index is 0.323. The van der Waals surface area contributed by atoms with E-state index in [1.165, 1.54) is 41.5 Å². The monoisotopic (exact) mass is 236 g/mol. The van der Waals surface area contributed by atoms with Crippen LogP contribution in [0.25, 0.3) is 5.57 Å². The van der Waals surface area contributed by atoms with Crippen LogP contribution < -0.4 is 0 Å². The summed E-state index contributed by atoms with van der Waals surface area (Å²) in [5.74, 6) is 0. The van der Waals surface area contributed by atoms with Crippen molar-refractivity contribution in [2.45, 2.75) is 33.1 Å². The van der Waals surface area contributed by atoms with Crippen LogP contribution >= 0.6 is 0 Å². The maximum absolute atomic E-state index is 2.40. The SMILES string of the molecule is CC1=CC2=CC=CCC2(C)CCc2ccccc21. The largest absolute Gasteiger partial charge is 0.0837 e. The second-order valence-electron chi connectivity index (χ2n) is 5.80. The first-order valence-electron chi connectivity index (χ1n) is 6.83. The van der Waals surface area contributed by atoms with Crippen molar-refractivity contribution in [2.24, 2.45) is 5.41 Å². The van der Waals surface area contributed by atoms with Crippen LogP contribution in [0.2, 0.25) is 0 Å². The highest BCUT2D eigenvalue weighted by molar-refractivity contribution is 5.70. The van der Waals surface area contributed by atoms with Crippen LogP contribution in [0, 0.1) is 5.41 Å². The van der Waals surface area contributed by atoms with Gasteiger partial charge in [-0.05, 0) is 53.9 Å². The number of allylic oxidation sites excluding steroid dienone is 6. The fourth-order valence-electron chi connectivity index (χ4n) is 3.13. The first kappa shape index (κ1) is 11.5. The van der Waals surface area contributed by atoms with Crippen LogP contribution in [-0.2, 0) is 6.42 Å². The fourth-order valence-corrected chi connectivity index (χ4v) is 3.13. The topological polar surface area (TPSA) is 0 Å². The predicted octanol–water partition coefficient (Wildman–Crippen LogP) is 4.93. The van der Waals surface area contributed by atoms with Gasteiger partial charge in [-0.2, -0.15) is 0 Å². The van der Waals surface area contributed by atoms with Gasteiger partial charge in [-0.15, -0.1) is 0 Å². The zero-order valence-corrected chi connectivity index (χ0v) is 11.2. The van der Waals surface area contributed by atoms with Gasteiger partial charge in [0.25, 0.3) is 0 Å². The summed E-state index contributed by atoms with van der Waals surface area (Å²) in [5.41, 5.74) is 6.15. The number of benzene rings is 1. The van der Waals surface area contributed by atoms with E-state index in [0.29, 0.717) is 5.41 Å². The summed E-state index contributed by atoms with van der Waals surface area (Å²) in [6, 6.07) is 8.84. The highest BCUT2D eigenvalue weighted by Crippen LogP contribution is 2.42. The van der Waals surface area contributed by atoms with E-state index >= 15 is 0 Å². The van der Waals surface area contributed by atoms with Gasteiger partial charge in [-0.25, -0.2) is 0 Å². The molecule has 2 aliphatic rings. The van der Waals surface area contributed by atoms with Gasteiger partial charge in [-0.1, -0.05) is 55.5 Å². The highest BCUT2D eigenvalue weighted by Gasteiger charge is 2.29. The molecule has 0 spiro atoms. The second kappa shape index (κ2) is 4.28. The molecule has 1 atom stereocenters. The first-order valence-corrected chi connectivity index (χ1v) is 6.83. The van der Waals surface area contributed by atoms with Crippen LogP contribution in [-0.4, -0.2) is 0 Å². The maximum Gasteiger partial charge on any atom is -0.00374 e. The number of aryl methyl sites for hydroxylation is 1. The van der Waals surface area contributed by atoms with Gasteiger partial charge in [-0.3, -0.25) is 0 Å². The van der Waals surface area contributed by atoms with E-state index < -0.39 is 0 Å². The van der Waals surface area contributed by atoms with E-state index in [0.717, 1.165) is 0 Å². The third-order valence-electron chi connectivity index (χ3n) is 4.44. The van der Waals surface area contributed by atoms with E-state index in [9.17, 15) is 0 Å². The molecule has 0 amide bonds. The van der Waals surface area contributed by atoms with E-state index in [-0.39, 0.29) is 0 Å². The minimum absolute atomic E-state index is 0.323. The predicted molar refractivity (Wildman–Crippen MR) is 78.4 cm³/mol. The normalized spacial score (nSPS) is 26.3. The average Bonchev–Trinajstić information content (AvgIpc) is 2.38. The molecule has 1 aromatic rings. The second-order valence-corrected chi connectivity index (χ2v) is 5.80. The molecular formula is C18H20. The number of hydrogen-bond acceptors (Lipinski definition) is 0. The lowest BCUT2D eigenvalue weighted by atomic mass is 9.70. The van der Waals surface area contributed by atoms with E-state index in [4.69, 9.17) is 0 Å². The fraction of sp³-hybridized carbons (Fsp3) is 0.333. The standard InChI is InChI=1S/C18H20/c1-14-13-16-8-5-6-11-18(16,2)12-10-15-7-3-4-9-17(14)15/h3-9,13H,10-12H2,1-2H3. The van der Waals surface area contributed by atoms with Gasteiger partial charge in [0.15, 0.2) is 0 Å². The van der Waals surface area contributed by atoms with Gasteiger partial charge in [0.05, 0.1) is 0 Å². The summed E-state index contributed by atoms with van der Waals surface area (Å²) in [6.07, 6.45) is 12.8. The first-order chi connectivity index (χ1) is 8.69. The molecule has 1 aromatic carbocycles. The van der Waals surface area contributed by atoms with Gasteiger partial charge in [0, 0.05) is 0 Å². The van der Waals surface area contributed by atoms with Gasteiger partial charge in [0.1, 0.15) is 0 Å². The van der Waals surface area contributed by atoms with Gasteiger partial charge >= 0.3 is 0 Å². The molecule has 0 radical (unpaired) electrons. The molecular weight excluding hydrogens is 216 g/mol. The quantitative estimate of drug-likeness (QED) is 0.599. The lowest BCUT2D eigenvalue weighted by Gasteiger charge is -2.34. The molecule has 0 fully saturated rings. The Kier molecular flexibility index (Phi) is 2.74. The van der Waals surface area contributed by atoms with Crippen LogP contribution in [0.3, 0.4) is 0 Å². The van der Waals surface area contributed by atoms with E-state index in [2.05, 4.69) is 62.4 Å². The zero-order valence-electron chi connectivity index (χ0n) is 11.2. The summed E-state index contributed by atoms with van der Waals surface area (Å²) in [5, 5.41) is 0. The third kappa shape index (κ3) is 1.86. The smallest absolute Gasteiger partial charge is 0.00374 e. The van der Waals surface area contributed by atoms with E-state index in [1.807, 2.05) is 0 Å². The van der Waals surface area contributed by atoms with Crippen LogP contribution in [0.1, 0.15) is 37.8 Å². The molecule has 0 saturated carbocycles. The molecule has 0 heteroatoms. The number of fused-ring (bicyclic) bond motifs is 2. The molecule has 0 N–H and O–H groups in total. The average molecular weight is 236 g/mol. The molecule has 0 bridgehead atoms. The Morgan fingerprint density at radius 3 is 2.89 bits per heavy atom. The lowest BCUT2D eigenvalue weighted by Crippen LogP contribution is -2.22. The molecule has 2 aliphatic carbocycles. The van der Waals surface area contributed by atoms with Crippen LogP contribution in [0.4, 0.5) is 0 Å². The summed E-state index contributed by atoms with van der Waals surface area (Å²) >= 11 is 0. The molecule has 18 heavy (non-hydrogen) atoms.